The number of nitrogens with zero attached hydrogens (tertiary/aromatic N) is 2. The average molecular weight is 544 g/mol. The van der Waals surface area contributed by atoms with Crippen LogP contribution in [-0.2, 0) is 19.7 Å². The summed E-state index contributed by atoms with van der Waals surface area (Å²) in [6, 6.07) is 12.9. The number of benzene rings is 2. The van der Waals surface area contributed by atoms with Crippen LogP contribution in [-0.4, -0.2) is 82.2 Å². The Morgan fingerprint density at radius 1 is 1.05 bits per heavy atom. The monoisotopic (exact) mass is 543 g/mol. The van der Waals surface area contributed by atoms with Crippen LogP contribution in [0.2, 0.25) is 0 Å². The molecule has 2 saturated heterocycles. The fraction of sp³-hybridized carbons (Fsp3) is 0.536. The number of methoxy groups -OCH3 is 1. The summed E-state index contributed by atoms with van der Waals surface area (Å²) in [5, 5.41) is 0. The first-order valence-corrected chi connectivity index (χ1v) is 14.7. The molecular weight excluding hydrogens is 506 g/mol. The van der Waals surface area contributed by atoms with Crippen LogP contribution in [0, 0.1) is 6.92 Å². The third-order valence-corrected chi connectivity index (χ3v) is 9.34. The van der Waals surface area contributed by atoms with Crippen LogP contribution in [0.5, 0.6) is 5.75 Å². The van der Waals surface area contributed by atoms with Crippen molar-refractivity contribution in [2.75, 3.05) is 45.2 Å². The first-order chi connectivity index (χ1) is 18.3. The molecule has 5 rings (SSSR count). The second-order valence-corrected chi connectivity index (χ2v) is 12.2. The summed E-state index contributed by atoms with van der Waals surface area (Å²) >= 11 is 0. The van der Waals surface area contributed by atoms with Gasteiger partial charge in [0.25, 0.3) is 5.91 Å². The normalized spacial score (nSPS) is 22.6. The van der Waals surface area contributed by atoms with Crippen molar-refractivity contribution in [3.05, 3.63) is 59.2 Å². The quantitative estimate of drug-likeness (QED) is 0.520. The van der Waals surface area contributed by atoms with E-state index in [-0.39, 0.29) is 24.2 Å². The highest BCUT2D eigenvalue weighted by Gasteiger charge is 2.39. The van der Waals surface area contributed by atoms with Crippen LogP contribution in [0.4, 0.5) is 5.69 Å². The van der Waals surface area contributed by atoms with E-state index >= 15 is 0 Å². The number of nitrogens with one attached hydrogen (secondary N) is 1. The molecule has 1 aliphatic carbocycles. The zero-order valence-electron chi connectivity index (χ0n) is 22.3. The first kappa shape index (κ1) is 26.9. The Balaban J connectivity index is 1.27. The molecular formula is C28H37N3O6S. The summed E-state index contributed by atoms with van der Waals surface area (Å²) in [5.41, 5.74) is 3.34. The van der Waals surface area contributed by atoms with E-state index in [4.69, 9.17) is 14.2 Å². The minimum absolute atomic E-state index is 0.0100. The number of likely N-dealkylation sites (tertiary alicyclic amines) is 1. The predicted molar refractivity (Wildman–Crippen MR) is 145 cm³/mol. The maximum atomic E-state index is 13.6. The zero-order chi connectivity index (χ0) is 26.9. The van der Waals surface area contributed by atoms with E-state index in [1.54, 1.807) is 38.4 Å². The molecule has 1 N–H and O–H groups in total. The lowest BCUT2D eigenvalue weighted by Gasteiger charge is -2.30. The maximum Gasteiger partial charge on any atom is 0.301 e. The van der Waals surface area contributed by atoms with Crippen LogP contribution in [0.15, 0.2) is 42.5 Å². The maximum absolute atomic E-state index is 13.6. The van der Waals surface area contributed by atoms with Gasteiger partial charge in [0.1, 0.15) is 18.0 Å². The molecule has 3 fully saturated rings. The molecule has 0 radical (unpaired) electrons. The molecule has 38 heavy (non-hydrogen) atoms. The van der Waals surface area contributed by atoms with Gasteiger partial charge in [0, 0.05) is 45.0 Å². The van der Waals surface area contributed by atoms with Crippen LogP contribution in [0.1, 0.15) is 53.1 Å². The molecule has 2 heterocycles. The highest BCUT2D eigenvalue weighted by Crippen LogP contribution is 2.42. The van der Waals surface area contributed by atoms with Crippen molar-refractivity contribution in [3.8, 4) is 5.75 Å². The number of ether oxygens (including phenoxy) is 3. The van der Waals surface area contributed by atoms with E-state index in [0.29, 0.717) is 56.5 Å². The summed E-state index contributed by atoms with van der Waals surface area (Å²) in [4.78, 5) is 15.4. The van der Waals surface area contributed by atoms with E-state index in [0.717, 1.165) is 29.5 Å². The van der Waals surface area contributed by atoms with Gasteiger partial charge in [0.05, 0.1) is 18.8 Å². The van der Waals surface area contributed by atoms with Crippen molar-refractivity contribution >= 4 is 21.8 Å². The summed E-state index contributed by atoms with van der Waals surface area (Å²) in [6.07, 6.45) is 2.91. The van der Waals surface area contributed by atoms with Crippen LogP contribution in [0.25, 0.3) is 0 Å². The molecule has 0 unspecified atom stereocenters. The number of carbonyl (C=O) groups excluding carboxylic acids is 1. The van der Waals surface area contributed by atoms with Crippen molar-refractivity contribution in [2.24, 2.45) is 0 Å². The number of rotatable bonds is 9. The summed E-state index contributed by atoms with van der Waals surface area (Å²) in [7, 11) is -0.526. The van der Waals surface area contributed by atoms with Gasteiger partial charge >= 0.3 is 10.2 Å². The highest BCUT2D eigenvalue weighted by molar-refractivity contribution is 7.90. The second kappa shape index (κ2) is 11.2. The number of carbonyl (C=O) groups is 1. The van der Waals surface area contributed by atoms with Gasteiger partial charge in [-0.1, -0.05) is 24.3 Å². The smallest absolute Gasteiger partial charge is 0.301 e. The third kappa shape index (κ3) is 5.83. The number of anilines is 1. The van der Waals surface area contributed by atoms with E-state index in [1.807, 2.05) is 24.0 Å². The number of amides is 1. The Kier molecular flexibility index (Phi) is 7.95. The lowest BCUT2D eigenvalue weighted by Crippen LogP contribution is -2.43. The lowest BCUT2D eigenvalue weighted by atomic mass is 9.97. The van der Waals surface area contributed by atoms with Gasteiger partial charge in [0.15, 0.2) is 0 Å². The second-order valence-electron chi connectivity index (χ2n) is 10.4. The van der Waals surface area contributed by atoms with Gasteiger partial charge in [-0.15, -0.1) is 0 Å². The van der Waals surface area contributed by atoms with Crippen molar-refractivity contribution < 1.29 is 27.4 Å². The Morgan fingerprint density at radius 2 is 1.76 bits per heavy atom. The standard InChI is InChI=1S/C28H37N3O6S/c1-19-6-4-9-24(20-10-11-20)27(19)28(32)31-17-25(35-3)26(18-31)37-23-8-5-7-21(16-23)29-38(33,34)30(2)22-12-14-36-15-13-22/h4-9,16,20,22,25-26,29H,10-15,17-18H2,1-3H3/t25-,26-/m1/s1. The number of hydrogen-bond donors (Lipinski definition) is 1. The average Bonchev–Trinajstić information content (AvgIpc) is 3.68. The molecule has 0 aromatic heterocycles. The molecule has 1 amide bonds. The Labute approximate surface area is 225 Å². The first-order valence-electron chi connectivity index (χ1n) is 13.3. The van der Waals surface area contributed by atoms with Crippen molar-refractivity contribution in [2.45, 2.75) is 56.8 Å². The topological polar surface area (TPSA) is 97.4 Å². The van der Waals surface area contributed by atoms with Gasteiger partial charge in [-0.25, -0.2) is 0 Å². The molecule has 2 aromatic carbocycles. The van der Waals surface area contributed by atoms with E-state index < -0.39 is 10.2 Å². The van der Waals surface area contributed by atoms with Crippen molar-refractivity contribution in [3.63, 3.8) is 0 Å². The molecule has 2 aliphatic heterocycles. The van der Waals surface area contributed by atoms with E-state index in [2.05, 4.69) is 10.8 Å². The highest BCUT2D eigenvalue weighted by atomic mass is 32.2. The van der Waals surface area contributed by atoms with Crippen molar-refractivity contribution in [1.82, 2.24) is 9.21 Å². The van der Waals surface area contributed by atoms with Gasteiger partial charge in [-0.3, -0.25) is 9.52 Å². The molecule has 0 spiro atoms. The van der Waals surface area contributed by atoms with Crippen LogP contribution >= 0.6 is 0 Å². The predicted octanol–water partition coefficient (Wildman–Crippen LogP) is 3.56. The number of hydrogen-bond acceptors (Lipinski definition) is 6. The Hall–Kier alpha value is -2.66. The molecule has 3 aliphatic rings. The molecule has 1 saturated carbocycles. The van der Waals surface area contributed by atoms with Crippen LogP contribution < -0.4 is 9.46 Å². The van der Waals surface area contributed by atoms with E-state index in [9.17, 15) is 13.2 Å². The molecule has 9 nitrogen and oxygen atoms in total. The van der Waals surface area contributed by atoms with Gasteiger partial charge in [0.2, 0.25) is 0 Å². The molecule has 2 aromatic rings. The van der Waals surface area contributed by atoms with Crippen LogP contribution in [0.3, 0.4) is 0 Å². The number of aryl methyl sites for hydroxylation is 1. The third-order valence-electron chi connectivity index (χ3n) is 7.79. The lowest BCUT2D eigenvalue weighted by molar-refractivity contribution is 0.0340. The summed E-state index contributed by atoms with van der Waals surface area (Å²) in [6.45, 7) is 3.92. The SMILES string of the molecule is CO[C@@H]1CN(C(=O)c2c(C)cccc2C2CC2)C[C@H]1Oc1cccc(NS(=O)(=O)N(C)C2CCOCC2)c1. The summed E-state index contributed by atoms with van der Waals surface area (Å²) in [5.74, 6) is 0.990. The fourth-order valence-corrected chi connectivity index (χ4v) is 6.57. The Morgan fingerprint density at radius 3 is 2.47 bits per heavy atom. The van der Waals surface area contributed by atoms with Crippen molar-refractivity contribution in [1.29, 1.82) is 0 Å². The molecule has 2 atom stereocenters. The minimum atomic E-state index is -3.74. The molecule has 10 heteroatoms. The van der Waals surface area contributed by atoms with Gasteiger partial charge < -0.3 is 19.1 Å². The summed E-state index contributed by atoms with van der Waals surface area (Å²) < 4.78 is 47.3. The van der Waals surface area contributed by atoms with E-state index in [1.165, 1.54) is 4.31 Å². The van der Waals surface area contributed by atoms with Gasteiger partial charge in [-0.05, 0) is 61.8 Å². The molecule has 0 bridgehead atoms. The Bertz CT molecular complexity index is 1260. The molecule has 206 valence electrons. The largest absolute Gasteiger partial charge is 0.486 e. The minimum Gasteiger partial charge on any atom is -0.486 e. The fourth-order valence-electron chi connectivity index (χ4n) is 5.40. The van der Waals surface area contributed by atoms with Gasteiger partial charge in [-0.2, -0.15) is 12.7 Å². The zero-order valence-corrected chi connectivity index (χ0v) is 23.1.